The Bertz CT molecular complexity index is 88.7. The summed E-state index contributed by atoms with van der Waals surface area (Å²) in [4.78, 5) is 1.17. The fourth-order valence-corrected chi connectivity index (χ4v) is 0. The van der Waals surface area contributed by atoms with Gasteiger partial charge in [0.05, 0.1) is 0 Å². The fraction of sp³-hybridized carbons (Fsp3) is 0.500. The molecule has 0 aromatic heterocycles. The first-order chi connectivity index (χ1) is 4.00. The third-order valence-corrected chi connectivity index (χ3v) is 1.05. The molecule has 0 radical (unpaired) electrons. The van der Waals surface area contributed by atoms with Crippen LogP contribution < -0.4 is 0 Å². The zero-order valence-corrected chi connectivity index (χ0v) is 7.64. The Balaban J connectivity index is 0. The number of thioether (sulfide) groups is 1. The van der Waals surface area contributed by atoms with E-state index in [1.54, 1.807) is 11.8 Å². The lowest BCUT2D eigenvalue weighted by molar-refractivity contribution is 1.42. The van der Waals surface area contributed by atoms with Gasteiger partial charge in [-0.3, -0.25) is 0 Å². The first-order valence-electron chi connectivity index (χ1n) is 2.82. The highest BCUT2D eigenvalue weighted by atomic mass is 32.2. The van der Waals surface area contributed by atoms with Crippen LogP contribution in [0.2, 0.25) is 0 Å². The zero-order valence-electron chi connectivity index (χ0n) is 6.82. The van der Waals surface area contributed by atoms with Gasteiger partial charge in [0.1, 0.15) is 0 Å². The van der Waals surface area contributed by atoms with Gasteiger partial charge in [-0.15, -0.1) is 18.3 Å². The summed E-state index contributed by atoms with van der Waals surface area (Å²) in [7, 11) is 0. The molecule has 0 aliphatic rings. The molecule has 54 valence electrons. The molecular weight excluding hydrogens is 128 g/mol. The van der Waals surface area contributed by atoms with Crippen molar-refractivity contribution in [2.75, 3.05) is 6.26 Å². The van der Waals surface area contributed by atoms with Gasteiger partial charge in [0.2, 0.25) is 0 Å². The van der Waals surface area contributed by atoms with E-state index in [4.69, 9.17) is 0 Å². The van der Waals surface area contributed by atoms with Gasteiger partial charge in [-0.05, 0) is 31.9 Å². The van der Waals surface area contributed by atoms with Crippen LogP contribution in [0.1, 0.15) is 20.8 Å². The van der Waals surface area contributed by atoms with Gasteiger partial charge < -0.3 is 0 Å². The maximum absolute atomic E-state index is 3.64. The number of rotatable bonds is 1. The van der Waals surface area contributed by atoms with Crippen molar-refractivity contribution in [3.05, 3.63) is 23.6 Å². The highest BCUT2D eigenvalue weighted by Gasteiger charge is 1.67. The molecular formula is C8H16S. The van der Waals surface area contributed by atoms with E-state index in [0.29, 0.717) is 0 Å². The fourth-order valence-electron chi connectivity index (χ4n) is 0. The lowest BCUT2D eigenvalue weighted by atomic mass is 10.4. The molecule has 0 aliphatic heterocycles. The number of hydrogen-bond acceptors (Lipinski definition) is 1. The van der Waals surface area contributed by atoms with Crippen molar-refractivity contribution < 1.29 is 0 Å². The molecule has 0 aromatic rings. The standard InChI is InChI=1S/C4H8S.C4H8/c1-4(2)5-3;1-4(2)3/h1H2,2-3H3;1H2,2-3H3. The minimum atomic E-state index is 1.17. The van der Waals surface area contributed by atoms with Crippen LogP contribution >= 0.6 is 11.8 Å². The number of hydrogen-bond donors (Lipinski definition) is 0. The molecule has 9 heavy (non-hydrogen) atoms. The van der Waals surface area contributed by atoms with Crippen LogP contribution in [0.5, 0.6) is 0 Å². The zero-order chi connectivity index (χ0) is 7.86. The van der Waals surface area contributed by atoms with Crippen LogP contribution in [0.25, 0.3) is 0 Å². The van der Waals surface area contributed by atoms with Crippen molar-refractivity contribution in [2.45, 2.75) is 20.8 Å². The predicted molar refractivity (Wildman–Crippen MR) is 48.8 cm³/mol. The van der Waals surface area contributed by atoms with Gasteiger partial charge in [-0.1, -0.05) is 12.2 Å². The van der Waals surface area contributed by atoms with Gasteiger partial charge in [0.15, 0.2) is 0 Å². The van der Waals surface area contributed by atoms with Gasteiger partial charge in [0, 0.05) is 0 Å². The van der Waals surface area contributed by atoms with Crippen molar-refractivity contribution in [3.63, 3.8) is 0 Å². The SMILES string of the molecule is C=C(C)C.C=C(C)SC. The van der Waals surface area contributed by atoms with Crippen LogP contribution in [-0.2, 0) is 0 Å². The normalized spacial score (nSPS) is 7.11. The second kappa shape index (κ2) is 7.83. The van der Waals surface area contributed by atoms with E-state index in [2.05, 4.69) is 13.2 Å². The molecule has 0 atom stereocenters. The van der Waals surface area contributed by atoms with Crippen LogP contribution in [-0.4, -0.2) is 6.26 Å². The molecule has 0 N–H and O–H groups in total. The molecule has 0 rings (SSSR count). The third-order valence-electron chi connectivity index (χ3n) is 0.348. The van der Waals surface area contributed by atoms with E-state index in [1.807, 2.05) is 27.0 Å². The summed E-state index contributed by atoms with van der Waals surface area (Å²) in [5.41, 5.74) is 1.17. The largest absolute Gasteiger partial charge is 0.135 e. The Labute approximate surface area is 63.0 Å². The minimum Gasteiger partial charge on any atom is -0.135 e. The average molecular weight is 144 g/mol. The first-order valence-corrected chi connectivity index (χ1v) is 4.04. The van der Waals surface area contributed by atoms with Gasteiger partial charge >= 0.3 is 0 Å². The van der Waals surface area contributed by atoms with Crippen LogP contribution in [0.4, 0.5) is 0 Å². The van der Waals surface area contributed by atoms with Crippen LogP contribution in [0.3, 0.4) is 0 Å². The monoisotopic (exact) mass is 144 g/mol. The van der Waals surface area contributed by atoms with E-state index >= 15 is 0 Å². The first kappa shape index (κ1) is 11.6. The molecule has 0 heterocycles. The Hall–Kier alpha value is -0.170. The summed E-state index contributed by atoms with van der Waals surface area (Å²) in [5, 5.41) is 0. The van der Waals surface area contributed by atoms with E-state index < -0.39 is 0 Å². The Morgan fingerprint density at radius 3 is 1.22 bits per heavy atom. The molecule has 0 unspecified atom stereocenters. The van der Waals surface area contributed by atoms with Crippen LogP contribution in [0.15, 0.2) is 23.6 Å². The second-order valence-electron chi connectivity index (χ2n) is 2.11. The summed E-state index contributed by atoms with van der Waals surface area (Å²) in [6.07, 6.45) is 2.02. The molecule has 0 saturated heterocycles. The van der Waals surface area contributed by atoms with Gasteiger partial charge in [-0.2, -0.15) is 0 Å². The molecule has 0 aromatic carbocycles. The summed E-state index contributed by atoms with van der Waals surface area (Å²) in [5.74, 6) is 0. The topological polar surface area (TPSA) is 0 Å². The van der Waals surface area contributed by atoms with E-state index in [0.717, 1.165) is 0 Å². The minimum absolute atomic E-state index is 1.17. The van der Waals surface area contributed by atoms with Crippen molar-refractivity contribution in [1.29, 1.82) is 0 Å². The molecule has 1 heteroatoms. The van der Waals surface area contributed by atoms with E-state index in [9.17, 15) is 0 Å². The summed E-state index contributed by atoms with van der Waals surface area (Å²) in [6.45, 7) is 13.1. The molecule has 0 saturated carbocycles. The maximum Gasteiger partial charge on any atom is -0.0140 e. The smallest absolute Gasteiger partial charge is 0.0140 e. The van der Waals surface area contributed by atoms with Gasteiger partial charge in [0.25, 0.3) is 0 Å². The van der Waals surface area contributed by atoms with Crippen LogP contribution in [0, 0.1) is 0 Å². The Morgan fingerprint density at radius 2 is 1.22 bits per heavy atom. The average Bonchev–Trinajstić information content (AvgIpc) is 1.65. The highest BCUT2D eigenvalue weighted by Crippen LogP contribution is 2.03. The quantitative estimate of drug-likeness (QED) is 0.508. The third kappa shape index (κ3) is 79.5. The summed E-state index contributed by atoms with van der Waals surface area (Å²) in [6, 6.07) is 0. The molecule has 0 bridgehead atoms. The molecule has 0 nitrogen and oxygen atoms in total. The lowest BCUT2D eigenvalue weighted by Crippen LogP contribution is -1.49. The van der Waals surface area contributed by atoms with E-state index in [1.165, 1.54) is 10.5 Å². The number of allylic oxidation sites excluding steroid dienone is 2. The summed E-state index contributed by atoms with van der Waals surface area (Å²) >= 11 is 1.69. The van der Waals surface area contributed by atoms with Crippen molar-refractivity contribution >= 4 is 11.8 Å². The van der Waals surface area contributed by atoms with Crippen molar-refractivity contribution in [2.24, 2.45) is 0 Å². The molecule has 0 spiro atoms. The van der Waals surface area contributed by atoms with E-state index in [-0.39, 0.29) is 0 Å². The molecule has 0 amide bonds. The van der Waals surface area contributed by atoms with Crippen molar-refractivity contribution in [1.82, 2.24) is 0 Å². The Kier molecular flexibility index (Phi) is 10.1. The molecule has 0 fully saturated rings. The summed E-state index contributed by atoms with van der Waals surface area (Å²) < 4.78 is 0. The highest BCUT2D eigenvalue weighted by molar-refractivity contribution is 8.02. The maximum atomic E-state index is 3.64. The van der Waals surface area contributed by atoms with Crippen molar-refractivity contribution in [3.8, 4) is 0 Å². The van der Waals surface area contributed by atoms with Gasteiger partial charge in [-0.25, -0.2) is 0 Å². The lowest BCUT2D eigenvalue weighted by Gasteiger charge is -1.79. The molecule has 0 aliphatic carbocycles. The Morgan fingerprint density at radius 1 is 1.11 bits per heavy atom. The second-order valence-corrected chi connectivity index (χ2v) is 3.22. The predicted octanol–water partition coefficient (Wildman–Crippen LogP) is 3.47.